The fraction of sp³-hybridized carbons (Fsp3) is 0.588. The summed E-state index contributed by atoms with van der Waals surface area (Å²) < 4.78 is 0. The van der Waals surface area contributed by atoms with Gasteiger partial charge in [-0.2, -0.15) is 0 Å². The lowest BCUT2D eigenvalue weighted by molar-refractivity contribution is -0.117. The second kappa shape index (κ2) is 6.58. The molecule has 0 bridgehead atoms. The first-order valence-electron chi connectivity index (χ1n) is 8.06. The molecule has 2 unspecified atom stereocenters. The van der Waals surface area contributed by atoms with Gasteiger partial charge < -0.3 is 10.6 Å². The summed E-state index contributed by atoms with van der Waals surface area (Å²) in [6, 6.07) is 8.12. The van der Waals surface area contributed by atoms with Gasteiger partial charge >= 0.3 is 0 Å². The molecule has 2 aliphatic rings. The van der Waals surface area contributed by atoms with Crippen LogP contribution in [0.2, 0.25) is 0 Å². The highest BCUT2D eigenvalue weighted by Gasteiger charge is 2.33. The summed E-state index contributed by atoms with van der Waals surface area (Å²) in [5.74, 6) is 1.66. The van der Waals surface area contributed by atoms with E-state index in [1.54, 1.807) is 0 Å². The first kappa shape index (κ1) is 14.5. The molecule has 2 heterocycles. The third-order valence-corrected chi connectivity index (χ3v) is 4.77. The summed E-state index contributed by atoms with van der Waals surface area (Å²) in [6.45, 7) is 7.02. The molecule has 2 saturated heterocycles. The number of aryl methyl sites for hydroxylation is 1. The van der Waals surface area contributed by atoms with Gasteiger partial charge in [0.25, 0.3) is 0 Å². The predicted octanol–water partition coefficient (Wildman–Crippen LogP) is 1.73. The number of piperidine rings is 1. The van der Waals surface area contributed by atoms with Crippen molar-refractivity contribution in [3.8, 4) is 0 Å². The monoisotopic (exact) mass is 287 g/mol. The van der Waals surface area contributed by atoms with Crippen LogP contribution in [-0.4, -0.2) is 43.5 Å². The van der Waals surface area contributed by atoms with E-state index in [0.29, 0.717) is 6.54 Å². The van der Waals surface area contributed by atoms with E-state index >= 15 is 0 Å². The highest BCUT2D eigenvalue weighted by molar-refractivity contribution is 5.92. The second-order valence-electron chi connectivity index (χ2n) is 6.30. The molecule has 0 saturated carbocycles. The maximum atomic E-state index is 12.2. The van der Waals surface area contributed by atoms with Gasteiger partial charge in [0.2, 0.25) is 5.91 Å². The SMILES string of the molecule is CCc1cccc(NC(=O)CN2CCC3CNCC3C2)c1. The highest BCUT2D eigenvalue weighted by atomic mass is 16.2. The van der Waals surface area contributed by atoms with Crippen LogP contribution >= 0.6 is 0 Å². The van der Waals surface area contributed by atoms with Crippen LogP contribution in [0.25, 0.3) is 0 Å². The topological polar surface area (TPSA) is 44.4 Å². The van der Waals surface area contributed by atoms with E-state index in [1.165, 1.54) is 12.0 Å². The van der Waals surface area contributed by atoms with Crippen molar-refractivity contribution in [1.29, 1.82) is 0 Å². The first-order chi connectivity index (χ1) is 10.2. The number of likely N-dealkylation sites (tertiary alicyclic amines) is 1. The quantitative estimate of drug-likeness (QED) is 0.886. The van der Waals surface area contributed by atoms with Crippen LogP contribution in [0.1, 0.15) is 18.9 Å². The van der Waals surface area contributed by atoms with Crippen molar-refractivity contribution in [2.75, 3.05) is 38.0 Å². The van der Waals surface area contributed by atoms with Crippen molar-refractivity contribution in [2.45, 2.75) is 19.8 Å². The number of nitrogens with one attached hydrogen (secondary N) is 2. The molecule has 0 radical (unpaired) electrons. The minimum Gasteiger partial charge on any atom is -0.325 e. The number of anilines is 1. The number of nitrogens with zero attached hydrogens (tertiary/aromatic N) is 1. The number of carbonyl (C=O) groups is 1. The van der Waals surface area contributed by atoms with Crippen LogP contribution in [-0.2, 0) is 11.2 Å². The van der Waals surface area contributed by atoms with E-state index in [2.05, 4.69) is 34.6 Å². The van der Waals surface area contributed by atoms with Gasteiger partial charge in [0.05, 0.1) is 6.54 Å². The number of hydrogen-bond donors (Lipinski definition) is 2. The fourth-order valence-electron chi connectivity index (χ4n) is 3.53. The van der Waals surface area contributed by atoms with E-state index in [9.17, 15) is 4.79 Å². The normalized spacial score (nSPS) is 25.6. The lowest BCUT2D eigenvalue weighted by atomic mass is 9.89. The largest absolute Gasteiger partial charge is 0.325 e. The van der Waals surface area contributed by atoms with Gasteiger partial charge in [-0.1, -0.05) is 19.1 Å². The minimum absolute atomic E-state index is 0.104. The van der Waals surface area contributed by atoms with Crippen LogP contribution < -0.4 is 10.6 Å². The van der Waals surface area contributed by atoms with Crippen molar-refractivity contribution in [3.63, 3.8) is 0 Å². The Hall–Kier alpha value is -1.39. The van der Waals surface area contributed by atoms with Gasteiger partial charge in [0.15, 0.2) is 0 Å². The Balaban J connectivity index is 1.51. The number of benzene rings is 1. The summed E-state index contributed by atoms with van der Waals surface area (Å²) in [5, 5.41) is 6.49. The molecule has 1 aromatic rings. The molecule has 2 N–H and O–H groups in total. The molecule has 114 valence electrons. The third kappa shape index (κ3) is 3.63. The van der Waals surface area contributed by atoms with E-state index in [-0.39, 0.29) is 5.91 Å². The molecule has 4 nitrogen and oxygen atoms in total. The molecule has 0 spiro atoms. The summed E-state index contributed by atoms with van der Waals surface area (Å²) in [5.41, 5.74) is 2.17. The molecule has 0 aromatic heterocycles. The number of hydrogen-bond acceptors (Lipinski definition) is 3. The van der Waals surface area contributed by atoms with Crippen molar-refractivity contribution in [2.24, 2.45) is 11.8 Å². The zero-order chi connectivity index (χ0) is 14.7. The van der Waals surface area contributed by atoms with E-state index in [0.717, 1.165) is 50.1 Å². The zero-order valence-electron chi connectivity index (χ0n) is 12.8. The molecule has 2 atom stereocenters. The molecule has 2 fully saturated rings. The molecule has 2 aliphatic heterocycles. The molecular formula is C17H25N3O. The van der Waals surface area contributed by atoms with Crippen molar-refractivity contribution >= 4 is 11.6 Å². The van der Waals surface area contributed by atoms with Gasteiger partial charge in [-0.15, -0.1) is 0 Å². The Kier molecular flexibility index (Phi) is 4.56. The Bertz CT molecular complexity index is 503. The van der Waals surface area contributed by atoms with Crippen LogP contribution in [0.5, 0.6) is 0 Å². The van der Waals surface area contributed by atoms with Crippen molar-refractivity contribution in [1.82, 2.24) is 10.2 Å². The Morgan fingerprint density at radius 1 is 1.38 bits per heavy atom. The molecule has 1 aromatic carbocycles. The molecule has 3 rings (SSSR count). The Morgan fingerprint density at radius 3 is 3.10 bits per heavy atom. The minimum atomic E-state index is 0.104. The smallest absolute Gasteiger partial charge is 0.238 e. The van der Waals surface area contributed by atoms with Gasteiger partial charge in [0.1, 0.15) is 0 Å². The summed E-state index contributed by atoms with van der Waals surface area (Å²) in [6.07, 6.45) is 2.21. The van der Waals surface area contributed by atoms with Gasteiger partial charge in [-0.05, 0) is 62.0 Å². The number of rotatable bonds is 4. The zero-order valence-corrected chi connectivity index (χ0v) is 12.8. The Morgan fingerprint density at radius 2 is 2.24 bits per heavy atom. The van der Waals surface area contributed by atoms with Crippen LogP contribution in [0, 0.1) is 11.8 Å². The Labute approximate surface area is 126 Å². The van der Waals surface area contributed by atoms with Gasteiger partial charge in [-0.25, -0.2) is 0 Å². The predicted molar refractivity (Wildman–Crippen MR) is 85.4 cm³/mol. The average molecular weight is 287 g/mol. The van der Waals surface area contributed by atoms with Crippen LogP contribution in [0.15, 0.2) is 24.3 Å². The standard InChI is InChI=1S/C17H25N3O/c1-2-13-4-3-5-16(8-13)19-17(21)12-20-7-6-14-9-18-10-15(14)11-20/h3-5,8,14-15,18H,2,6-7,9-12H2,1H3,(H,19,21). The molecule has 4 heteroatoms. The van der Waals surface area contributed by atoms with E-state index in [4.69, 9.17) is 0 Å². The van der Waals surface area contributed by atoms with Crippen LogP contribution in [0.3, 0.4) is 0 Å². The molecule has 1 amide bonds. The first-order valence-corrected chi connectivity index (χ1v) is 8.06. The van der Waals surface area contributed by atoms with E-state index < -0.39 is 0 Å². The number of fused-ring (bicyclic) bond motifs is 1. The lowest BCUT2D eigenvalue weighted by Crippen LogP contribution is -2.43. The summed E-state index contributed by atoms with van der Waals surface area (Å²) >= 11 is 0. The maximum absolute atomic E-state index is 12.2. The molecule has 0 aliphatic carbocycles. The highest BCUT2D eigenvalue weighted by Crippen LogP contribution is 2.26. The van der Waals surface area contributed by atoms with Crippen LogP contribution in [0.4, 0.5) is 5.69 Å². The summed E-state index contributed by atoms with van der Waals surface area (Å²) in [7, 11) is 0. The maximum Gasteiger partial charge on any atom is 0.238 e. The van der Waals surface area contributed by atoms with Crippen molar-refractivity contribution in [3.05, 3.63) is 29.8 Å². The second-order valence-corrected chi connectivity index (χ2v) is 6.30. The summed E-state index contributed by atoms with van der Waals surface area (Å²) in [4.78, 5) is 14.5. The average Bonchev–Trinajstić information content (AvgIpc) is 2.95. The van der Waals surface area contributed by atoms with Crippen molar-refractivity contribution < 1.29 is 4.79 Å². The molecular weight excluding hydrogens is 262 g/mol. The van der Waals surface area contributed by atoms with Gasteiger partial charge in [-0.3, -0.25) is 9.69 Å². The fourth-order valence-corrected chi connectivity index (χ4v) is 3.53. The molecule has 21 heavy (non-hydrogen) atoms. The lowest BCUT2D eigenvalue weighted by Gasteiger charge is -2.33. The van der Waals surface area contributed by atoms with Gasteiger partial charge in [0, 0.05) is 12.2 Å². The van der Waals surface area contributed by atoms with E-state index in [1.807, 2.05) is 12.1 Å². The number of amides is 1. The number of carbonyl (C=O) groups excluding carboxylic acids is 1. The third-order valence-electron chi connectivity index (χ3n) is 4.77.